The topological polar surface area (TPSA) is 49.9 Å². The largest absolute Gasteiger partial charge is 0.363 e. The van der Waals surface area contributed by atoms with Crippen molar-refractivity contribution in [1.29, 1.82) is 0 Å². The molecular formula is C16H12Cl2N2O3. The van der Waals surface area contributed by atoms with Crippen LogP contribution in [0, 0.1) is 0 Å². The molecule has 5 nitrogen and oxygen atoms in total. The number of hydrogen-bond acceptors (Lipinski definition) is 3. The average molecular weight is 351 g/mol. The lowest BCUT2D eigenvalue weighted by Crippen LogP contribution is -2.58. The number of amides is 2. The number of para-hydroxylation sites is 1. The van der Waals surface area contributed by atoms with Crippen LogP contribution in [0.5, 0.6) is 0 Å². The van der Waals surface area contributed by atoms with Crippen molar-refractivity contribution in [3.63, 3.8) is 0 Å². The normalized spacial score (nSPS) is 18.1. The van der Waals surface area contributed by atoms with Crippen LogP contribution >= 0.6 is 23.2 Å². The Balaban J connectivity index is 2.04. The molecule has 1 aliphatic heterocycles. The quantitative estimate of drug-likeness (QED) is 0.811. The molecule has 0 N–H and O–H groups in total. The van der Waals surface area contributed by atoms with Crippen LogP contribution in [0.25, 0.3) is 0 Å². The van der Waals surface area contributed by atoms with Gasteiger partial charge in [-0.05, 0) is 37.3 Å². The lowest BCUT2D eigenvalue weighted by atomic mass is 10.2. The smallest absolute Gasteiger partial charge is 0.329 e. The molecule has 118 valence electrons. The van der Waals surface area contributed by atoms with Crippen LogP contribution in [0.15, 0.2) is 48.5 Å². The maximum atomic E-state index is 12.8. The number of benzene rings is 2. The second-order valence-corrected chi connectivity index (χ2v) is 5.81. The molecule has 0 spiro atoms. The number of hydroxylamine groups is 1. The second-order valence-electron chi connectivity index (χ2n) is 4.96. The Morgan fingerprint density at radius 3 is 2.48 bits per heavy atom. The summed E-state index contributed by atoms with van der Waals surface area (Å²) in [5, 5.41) is 1.71. The fourth-order valence-electron chi connectivity index (χ4n) is 2.30. The van der Waals surface area contributed by atoms with Crippen molar-refractivity contribution in [3.8, 4) is 0 Å². The summed E-state index contributed by atoms with van der Waals surface area (Å²) in [5.74, 6) is -0.565. The molecule has 1 atom stereocenters. The SMILES string of the molecule is CC1C(=O)ON(c2cccc(Cl)c2)C(=O)N1c1ccccc1Cl. The standard InChI is InChI=1S/C16H12Cl2N2O3/c1-10-15(21)23-20(12-6-4-5-11(17)9-12)16(22)19(10)14-8-3-2-7-13(14)18/h2-10H,1H3. The van der Waals surface area contributed by atoms with E-state index in [0.717, 1.165) is 5.06 Å². The molecule has 2 aromatic carbocycles. The highest BCUT2D eigenvalue weighted by atomic mass is 35.5. The van der Waals surface area contributed by atoms with Crippen LogP contribution in [0.4, 0.5) is 16.2 Å². The summed E-state index contributed by atoms with van der Waals surface area (Å²) in [7, 11) is 0. The van der Waals surface area contributed by atoms with E-state index in [1.807, 2.05) is 0 Å². The molecule has 1 unspecified atom stereocenters. The maximum absolute atomic E-state index is 12.8. The number of anilines is 2. The minimum Gasteiger partial charge on any atom is -0.329 e. The number of carbonyl (C=O) groups is 2. The first-order valence-corrected chi connectivity index (χ1v) is 7.60. The van der Waals surface area contributed by atoms with Crippen LogP contribution in [0.2, 0.25) is 10.0 Å². The fourth-order valence-corrected chi connectivity index (χ4v) is 2.71. The summed E-state index contributed by atoms with van der Waals surface area (Å²) < 4.78 is 0. The van der Waals surface area contributed by atoms with E-state index in [-0.39, 0.29) is 0 Å². The summed E-state index contributed by atoms with van der Waals surface area (Å²) in [6, 6.07) is 12.0. The molecule has 1 heterocycles. The van der Waals surface area contributed by atoms with Crippen molar-refractivity contribution >= 4 is 46.6 Å². The Morgan fingerprint density at radius 1 is 1.04 bits per heavy atom. The van der Waals surface area contributed by atoms with Crippen molar-refractivity contribution in [2.75, 3.05) is 9.96 Å². The number of halogens is 2. The Bertz CT molecular complexity index is 781. The van der Waals surface area contributed by atoms with E-state index in [0.29, 0.717) is 21.4 Å². The van der Waals surface area contributed by atoms with Gasteiger partial charge in [-0.15, -0.1) is 5.06 Å². The van der Waals surface area contributed by atoms with E-state index < -0.39 is 18.0 Å². The Kier molecular flexibility index (Phi) is 4.15. The minimum absolute atomic E-state index is 0.361. The van der Waals surface area contributed by atoms with Crippen molar-refractivity contribution < 1.29 is 14.4 Å². The van der Waals surface area contributed by atoms with E-state index in [9.17, 15) is 9.59 Å². The minimum atomic E-state index is -0.794. The van der Waals surface area contributed by atoms with Gasteiger partial charge in [0.15, 0.2) is 0 Å². The van der Waals surface area contributed by atoms with E-state index >= 15 is 0 Å². The molecule has 0 saturated carbocycles. The second kappa shape index (κ2) is 6.10. The zero-order valence-corrected chi connectivity index (χ0v) is 13.6. The van der Waals surface area contributed by atoms with Gasteiger partial charge in [0.25, 0.3) is 0 Å². The third-order valence-corrected chi connectivity index (χ3v) is 4.00. The van der Waals surface area contributed by atoms with Gasteiger partial charge in [-0.25, -0.2) is 9.59 Å². The van der Waals surface area contributed by atoms with E-state index in [4.69, 9.17) is 28.0 Å². The van der Waals surface area contributed by atoms with E-state index in [1.165, 1.54) is 11.0 Å². The summed E-state index contributed by atoms with van der Waals surface area (Å²) >= 11 is 12.1. The first-order valence-electron chi connectivity index (χ1n) is 6.84. The molecule has 0 aromatic heterocycles. The number of nitrogens with zero attached hydrogens (tertiary/aromatic N) is 2. The van der Waals surface area contributed by atoms with Gasteiger partial charge in [0.1, 0.15) is 6.04 Å². The van der Waals surface area contributed by atoms with Gasteiger partial charge in [0, 0.05) is 5.02 Å². The van der Waals surface area contributed by atoms with Crippen molar-refractivity contribution in [2.45, 2.75) is 13.0 Å². The highest BCUT2D eigenvalue weighted by Crippen LogP contribution is 2.32. The highest BCUT2D eigenvalue weighted by Gasteiger charge is 2.41. The summed E-state index contributed by atoms with van der Waals surface area (Å²) in [6.07, 6.45) is 0. The molecule has 1 saturated heterocycles. The van der Waals surface area contributed by atoms with Crippen LogP contribution < -0.4 is 9.96 Å². The molecule has 3 rings (SSSR count). The molecule has 0 radical (unpaired) electrons. The van der Waals surface area contributed by atoms with Crippen LogP contribution in [-0.2, 0) is 9.63 Å². The van der Waals surface area contributed by atoms with Gasteiger partial charge in [-0.2, -0.15) is 0 Å². The number of hydrogen-bond donors (Lipinski definition) is 0. The van der Waals surface area contributed by atoms with E-state index in [2.05, 4.69) is 0 Å². The van der Waals surface area contributed by atoms with Gasteiger partial charge in [-0.3, -0.25) is 4.90 Å². The summed E-state index contributed by atoms with van der Waals surface area (Å²) in [5.41, 5.74) is 0.801. The number of urea groups is 1. The lowest BCUT2D eigenvalue weighted by Gasteiger charge is -2.37. The molecule has 23 heavy (non-hydrogen) atoms. The fraction of sp³-hybridized carbons (Fsp3) is 0.125. The third kappa shape index (κ3) is 2.85. The Labute approximate surface area is 142 Å². The molecule has 2 amide bonds. The zero-order chi connectivity index (χ0) is 16.6. The molecule has 1 aliphatic rings. The predicted octanol–water partition coefficient (Wildman–Crippen LogP) is 4.29. The molecule has 0 bridgehead atoms. The van der Waals surface area contributed by atoms with Crippen molar-refractivity contribution in [1.82, 2.24) is 0 Å². The van der Waals surface area contributed by atoms with E-state index in [1.54, 1.807) is 49.4 Å². The highest BCUT2D eigenvalue weighted by molar-refractivity contribution is 6.34. The molecule has 2 aromatic rings. The monoisotopic (exact) mass is 350 g/mol. The van der Waals surface area contributed by atoms with Gasteiger partial charge < -0.3 is 4.84 Å². The van der Waals surface area contributed by atoms with Crippen LogP contribution in [0.1, 0.15) is 6.92 Å². The van der Waals surface area contributed by atoms with Gasteiger partial charge in [-0.1, -0.05) is 41.4 Å². The Hall–Kier alpha value is -2.24. The average Bonchev–Trinajstić information content (AvgIpc) is 2.53. The van der Waals surface area contributed by atoms with Crippen LogP contribution in [0.3, 0.4) is 0 Å². The number of carbonyl (C=O) groups excluding carboxylic acids is 2. The van der Waals surface area contributed by atoms with Crippen molar-refractivity contribution in [2.24, 2.45) is 0 Å². The first-order chi connectivity index (χ1) is 11.0. The third-order valence-electron chi connectivity index (χ3n) is 3.44. The number of rotatable bonds is 2. The first kappa shape index (κ1) is 15.6. The maximum Gasteiger partial charge on any atom is 0.363 e. The van der Waals surface area contributed by atoms with Crippen LogP contribution in [-0.4, -0.2) is 18.0 Å². The van der Waals surface area contributed by atoms with Crippen molar-refractivity contribution in [3.05, 3.63) is 58.6 Å². The molecule has 1 fully saturated rings. The summed E-state index contributed by atoms with van der Waals surface area (Å²) in [6.45, 7) is 1.58. The van der Waals surface area contributed by atoms with Gasteiger partial charge >= 0.3 is 12.0 Å². The summed E-state index contributed by atoms with van der Waals surface area (Å²) in [4.78, 5) is 31.4. The Morgan fingerprint density at radius 2 is 1.78 bits per heavy atom. The molecular weight excluding hydrogens is 339 g/mol. The molecule has 7 heteroatoms. The predicted molar refractivity (Wildman–Crippen MR) is 88.8 cm³/mol. The zero-order valence-electron chi connectivity index (χ0n) is 12.1. The molecule has 0 aliphatic carbocycles. The van der Waals surface area contributed by atoms with Gasteiger partial charge in [0.2, 0.25) is 0 Å². The lowest BCUT2D eigenvalue weighted by molar-refractivity contribution is -0.146. The van der Waals surface area contributed by atoms with Gasteiger partial charge in [0.05, 0.1) is 16.4 Å².